The van der Waals surface area contributed by atoms with Crippen LogP contribution in [0.25, 0.3) is 0 Å². The highest BCUT2D eigenvalue weighted by Crippen LogP contribution is 2.23. The zero-order valence-electron chi connectivity index (χ0n) is 10.6. The summed E-state index contributed by atoms with van der Waals surface area (Å²) in [6, 6.07) is 0. The lowest BCUT2D eigenvalue weighted by atomic mass is 9.95. The number of ether oxygens (including phenoxy) is 2. The minimum Gasteiger partial charge on any atom is -0.409 e. The van der Waals surface area contributed by atoms with Crippen molar-refractivity contribution < 1.29 is 14.7 Å². The summed E-state index contributed by atoms with van der Waals surface area (Å²) >= 11 is 0. The lowest BCUT2D eigenvalue weighted by molar-refractivity contribution is -0.0301. The number of methoxy groups -OCH3 is 1. The van der Waals surface area contributed by atoms with Crippen LogP contribution in [0.1, 0.15) is 44.9 Å². The first-order chi connectivity index (χ1) is 8.26. The van der Waals surface area contributed by atoms with Crippen LogP contribution < -0.4 is 5.73 Å². The molecule has 17 heavy (non-hydrogen) atoms. The average Bonchev–Trinajstić information content (AvgIpc) is 2.38. The van der Waals surface area contributed by atoms with E-state index in [9.17, 15) is 0 Å². The van der Waals surface area contributed by atoms with Crippen molar-refractivity contribution in [3.8, 4) is 0 Å². The number of nitrogens with zero attached hydrogens (tertiary/aromatic N) is 1. The Morgan fingerprint density at radius 1 is 1.35 bits per heavy atom. The van der Waals surface area contributed by atoms with E-state index in [1.807, 2.05) is 0 Å². The third-order valence-corrected chi connectivity index (χ3v) is 3.22. The van der Waals surface area contributed by atoms with E-state index in [-0.39, 0.29) is 0 Å². The van der Waals surface area contributed by atoms with Gasteiger partial charge in [0, 0.05) is 20.1 Å². The van der Waals surface area contributed by atoms with E-state index in [0.29, 0.717) is 24.5 Å². The number of nitrogens with two attached hydrogens (primary N) is 1. The third-order valence-electron chi connectivity index (χ3n) is 3.22. The van der Waals surface area contributed by atoms with E-state index in [1.165, 1.54) is 6.42 Å². The van der Waals surface area contributed by atoms with Gasteiger partial charge in [0.2, 0.25) is 0 Å². The van der Waals surface area contributed by atoms with Crippen molar-refractivity contribution in [2.45, 2.75) is 57.2 Å². The molecule has 2 atom stereocenters. The Morgan fingerprint density at radius 2 is 2.12 bits per heavy atom. The Bertz CT molecular complexity index is 234. The summed E-state index contributed by atoms with van der Waals surface area (Å²) in [5, 5.41) is 11.3. The number of hydrogen-bond acceptors (Lipinski definition) is 4. The van der Waals surface area contributed by atoms with E-state index in [4.69, 9.17) is 20.4 Å². The lowest BCUT2D eigenvalue weighted by Crippen LogP contribution is -2.27. The van der Waals surface area contributed by atoms with Crippen LogP contribution in [0, 0.1) is 0 Å². The Labute approximate surface area is 103 Å². The van der Waals surface area contributed by atoms with Crippen LogP contribution in [0.15, 0.2) is 5.16 Å². The second-order valence-electron chi connectivity index (χ2n) is 4.57. The first-order valence-corrected chi connectivity index (χ1v) is 6.37. The molecular formula is C12H24N2O3. The molecule has 0 aromatic carbocycles. The van der Waals surface area contributed by atoms with Gasteiger partial charge in [-0.1, -0.05) is 5.16 Å². The molecule has 3 N–H and O–H groups in total. The Hall–Kier alpha value is -0.810. The molecule has 0 aliphatic heterocycles. The Balaban J connectivity index is 2.02. The van der Waals surface area contributed by atoms with Crippen molar-refractivity contribution in [1.82, 2.24) is 0 Å². The summed E-state index contributed by atoms with van der Waals surface area (Å²) in [5.41, 5.74) is 5.38. The first-order valence-electron chi connectivity index (χ1n) is 6.37. The van der Waals surface area contributed by atoms with Crippen LogP contribution in [-0.2, 0) is 9.47 Å². The lowest BCUT2D eigenvalue weighted by Gasteiger charge is -2.28. The van der Waals surface area contributed by atoms with E-state index < -0.39 is 0 Å². The van der Waals surface area contributed by atoms with Gasteiger partial charge in [-0.25, -0.2) is 0 Å². The minimum atomic E-state index is 0.294. The van der Waals surface area contributed by atoms with Crippen LogP contribution in [0.4, 0.5) is 0 Å². The number of rotatable bonds is 7. The zero-order chi connectivity index (χ0) is 12.5. The van der Waals surface area contributed by atoms with Crippen LogP contribution in [0.3, 0.4) is 0 Å². The van der Waals surface area contributed by atoms with Crippen LogP contribution in [0.5, 0.6) is 0 Å². The summed E-state index contributed by atoms with van der Waals surface area (Å²) in [6.45, 7) is 0.750. The van der Waals surface area contributed by atoms with Gasteiger partial charge in [-0.15, -0.1) is 0 Å². The van der Waals surface area contributed by atoms with Gasteiger partial charge in [0.1, 0.15) is 5.84 Å². The first kappa shape index (κ1) is 14.3. The fourth-order valence-electron chi connectivity index (χ4n) is 2.18. The van der Waals surface area contributed by atoms with Crippen LogP contribution in [0.2, 0.25) is 0 Å². The van der Waals surface area contributed by atoms with Gasteiger partial charge in [-0.3, -0.25) is 0 Å². The molecule has 0 aromatic rings. The molecule has 0 saturated heterocycles. The van der Waals surface area contributed by atoms with Crippen LogP contribution >= 0.6 is 0 Å². The van der Waals surface area contributed by atoms with Gasteiger partial charge in [0.25, 0.3) is 0 Å². The molecule has 0 amide bonds. The molecule has 5 heteroatoms. The normalized spacial score (nSPS) is 26.1. The molecule has 1 saturated carbocycles. The van der Waals surface area contributed by atoms with Crippen molar-refractivity contribution >= 4 is 5.84 Å². The molecule has 1 aliphatic rings. The molecule has 0 radical (unpaired) electrons. The average molecular weight is 244 g/mol. The van der Waals surface area contributed by atoms with Crippen molar-refractivity contribution in [1.29, 1.82) is 0 Å². The summed E-state index contributed by atoms with van der Waals surface area (Å²) in [5.74, 6) is 0.294. The molecule has 100 valence electrons. The molecule has 1 aliphatic carbocycles. The molecule has 0 bridgehead atoms. The molecule has 5 nitrogen and oxygen atoms in total. The van der Waals surface area contributed by atoms with Crippen LogP contribution in [-0.4, -0.2) is 37.0 Å². The maximum absolute atomic E-state index is 8.37. The quantitative estimate of drug-likeness (QED) is 0.236. The summed E-state index contributed by atoms with van der Waals surface area (Å²) in [7, 11) is 1.77. The zero-order valence-corrected chi connectivity index (χ0v) is 10.6. The second-order valence-corrected chi connectivity index (χ2v) is 4.57. The fraction of sp³-hybridized carbons (Fsp3) is 0.917. The highest BCUT2D eigenvalue weighted by Gasteiger charge is 2.21. The molecule has 1 fully saturated rings. The minimum absolute atomic E-state index is 0.294. The third kappa shape index (κ3) is 5.89. The Morgan fingerprint density at radius 3 is 2.82 bits per heavy atom. The van der Waals surface area contributed by atoms with Gasteiger partial charge in [0.05, 0.1) is 12.2 Å². The van der Waals surface area contributed by atoms with Crippen molar-refractivity contribution in [3.05, 3.63) is 0 Å². The molecule has 2 unspecified atom stereocenters. The van der Waals surface area contributed by atoms with Crippen molar-refractivity contribution in [2.75, 3.05) is 13.7 Å². The topological polar surface area (TPSA) is 77.1 Å². The number of hydrogen-bond donors (Lipinski definition) is 2. The summed E-state index contributed by atoms with van der Waals surface area (Å²) in [6.07, 6.45) is 7.68. The van der Waals surface area contributed by atoms with E-state index in [2.05, 4.69) is 5.16 Å². The highest BCUT2D eigenvalue weighted by molar-refractivity contribution is 5.79. The van der Waals surface area contributed by atoms with E-state index in [1.54, 1.807) is 7.11 Å². The fourth-order valence-corrected chi connectivity index (χ4v) is 2.18. The molecule has 0 heterocycles. The predicted octanol–water partition coefficient (Wildman–Crippen LogP) is 1.88. The van der Waals surface area contributed by atoms with Gasteiger partial charge in [-0.2, -0.15) is 0 Å². The predicted molar refractivity (Wildman–Crippen MR) is 66.3 cm³/mol. The van der Waals surface area contributed by atoms with E-state index in [0.717, 1.165) is 38.7 Å². The van der Waals surface area contributed by atoms with Crippen molar-refractivity contribution in [3.63, 3.8) is 0 Å². The van der Waals surface area contributed by atoms with Gasteiger partial charge < -0.3 is 20.4 Å². The standard InChI is InChI=1S/C12H24N2O3/c1-16-10-5-4-6-11(9-10)17-8-3-2-7-12(13)14-15/h10-11,15H,2-9H2,1H3,(H2,13,14). The van der Waals surface area contributed by atoms with Crippen molar-refractivity contribution in [2.24, 2.45) is 10.9 Å². The molecule has 0 aromatic heterocycles. The monoisotopic (exact) mass is 244 g/mol. The van der Waals surface area contributed by atoms with E-state index >= 15 is 0 Å². The number of unbranched alkanes of at least 4 members (excludes halogenated alkanes) is 1. The SMILES string of the molecule is COC1CCCC(OCCCCC(N)=NO)C1. The largest absolute Gasteiger partial charge is 0.409 e. The summed E-state index contributed by atoms with van der Waals surface area (Å²) < 4.78 is 11.2. The second kappa shape index (κ2) is 8.31. The maximum Gasteiger partial charge on any atom is 0.139 e. The molecule has 0 spiro atoms. The van der Waals surface area contributed by atoms with Gasteiger partial charge in [0.15, 0.2) is 0 Å². The highest BCUT2D eigenvalue weighted by atomic mass is 16.5. The molecular weight excluding hydrogens is 220 g/mol. The smallest absolute Gasteiger partial charge is 0.139 e. The maximum atomic E-state index is 8.37. The Kier molecular flexibility index (Phi) is 6.96. The van der Waals surface area contributed by atoms with Gasteiger partial charge >= 0.3 is 0 Å². The molecule has 1 rings (SSSR count). The summed E-state index contributed by atoms with van der Waals surface area (Å²) in [4.78, 5) is 0. The number of amidine groups is 1. The number of oxime groups is 1. The van der Waals surface area contributed by atoms with Gasteiger partial charge in [-0.05, 0) is 38.5 Å².